The second-order valence-electron chi connectivity index (χ2n) is 4.57. The Morgan fingerprint density at radius 3 is 2.14 bits per heavy atom. The van der Waals surface area contributed by atoms with Gasteiger partial charge in [0.25, 0.3) is 0 Å². The number of alkyl halides is 3. The van der Waals surface area contributed by atoms with Gasteiger partial charge in [-0.1, -0.05) is 42.5 Å². The van der Waals surface area contributed by atoms with E-state index in [2.05, 4.69) is 5.32 Å². The van der Waals surface area contributed by atoms with Gasteiger partial charge in [0, 0.05) is 6.54 Å². The van der Waals surface area contributed by atoms with Crippen molar-refractivity contribution in [2.45, 2.75) is 18.8 Å². The second kappa shape index (κ2) is 6.42. The van der Waals surface area contributed by atoms with Gasteiger partial charge in [-0.15, -0.1) is 0 Å². The van der Waals surface area contributed by atoms with Crippen LogP contribution in [-0.2, 0) is 6.54 Å². The van der Waals surface area contributed by atoms with E-state index in [1.54, 1.807) is 42.5 Å². The quantitative estimate of drug-likeness (QED) is 0.925. The van der Waals surface area contributed by atoms with Gasteiger partial charge >= 0.3 is 6.18 Å². The normalized spacial score (nSPS) is 12.7. The zero-order chi connectivity index (χ0) is 15.3. The molecule has 0 fully saturated rings. The van der Waals surface area contributed by atoms with Crippen LogP contribution < -0.4 is 5.32 Å². The minimum absolute atomic E-state index is 0.0742. The standard InChI is InChI=1S/C16H13F3N2/c17-16(18,19)15(14-4-2-1-3-5-14)21-11-13-8-6-12(10-20)7-9-13/h1-9,15,21H,11H2. The van der Waals surface area contributed by atoms with E-state index in [9.17, 15) is 13.2 Å². The van der Waals surface area contributed by atoms with Crippen LogP contribution in [0.25, 0.3) is 0 Å². The fourth-order valence-corrected chi connectivity index (χ4v) is 1.99. The van der Waals surface area contributed by atoms with Gasteiger partial charge in [0.2, 0.25) is 0 Å². The van der Waals surface area contributed by atoms with Crippen LogP contribution in [0, 0.1) is 11.3 Å². The Balaban J connectivity index is 2.11. The summed E-state index contributed by atoms with van der Waals surface area (Å²) in [4.78, 5) is 0. The van der Waals surface area contributed by atoms with Crippen LogP contribution in [0.2, 0.25) is 0 Å². The summed E-state index contributed by atoms with van der Waals surface area (Å²) in [6, 6.07) is 14.4. The maximum atomic E-state index is 13.1. The highest BCUT2D eigenvalue weighted by Crippen LogP contribution is 2.32. The first-order valence-corrected chi connectivity index (χ1v) is 6.35. The van der Waals surface area contributed by atoms with Gasteiger partial charge in [-0.2, -0.15) is 18.4 Å². The molecule has 1 unspecified atom stereocenters. The molecule has 21 heavy (non-hydrogen) atoms. The molecule has 2 rings (SSSR count). The topological polar surface area (TPSA) is 35.8 Å². The molecule has 0 saturated carbocycles. The molecule has 0 aromatic heterocycles. The predicted octanol–water partition coefficient (Wildman–Crippen LogP) is 3.95. The predicted molar refractivity (Wildman–Crippen MR) is 73.2 cm³/mol. The molecule has 0 heterocycles. The molecule has 2 nitrogen and oxygen atoms in total. The van der Waals surface area contributed by atoms with Crippen molar-refractivity contribution in [2.24, 2.45) is 0 Å². The summed E-state index contributed by atoms with van der Waals surface area (Å²) in [5.41, 5.74) is 1.35. The number of hydrogen-bond donors (Lipinski definition) is 1. The summed E-state index contributed by atoms with van der Waals surface area (Å²) in [6.45, 7) is 0.0742. The summed E-state index contributed by atoms with van der Waals surface area (Å²) in [7, 11) is 0. The van der Waals surface area contributed by atoms with Crippen LogP contribution in [0.3, 0.4) is 0 Å². The lowest BCUT2D eigenvalue weighted by Crippen LogP contribution is -2.33. The molecule has 1 atom stereocenters. The molecule has 108 valence electrons. The first kappa shape index (κ1) is 15.1. The number of nitrogens with zero attached hydrogens (tertiary/aromatic N) is 1. The van der Waals surface area contributed by atoms with E-state index in [4.69, 9.17) is 5.26 Å². The summed E-state index contributed by atoms with van der Waals surface area (Å²) < 4.78 is 39.4. The number of hydrogen-bond acceptors (Lipinski definition) is 2. The highest BCUT2D eigenvalue weighted by molar-refractivity contribution is 5.31. The minimum Gasteiger partial charge on any atom is -0.298 e. The van der Waals surface area contributed by atoms with Gasteiger partial charge in [-0.05, 0) is 23.3 Å². The molecule has 2 aromatic rings. The Kier molecular flexibility index (Phi) is 4.61. The fraction of sp³-hybridized carbons (Fsp3) is 0.188. The third-order valence-electron chi connectivity index (χ3n) is 3.05. The van der Waals surface area contributed by atoms with Crippen LogP contribution in [0.15, 0.2) is 54.6 Å². The lowest BCUT2D eigenvalue weighted by Gasteiger charge is -2.22. The molecule has 0 spiro atoms. The molecule has 0 bridgehead atoms. The maximum absolute atomic E-state index is 13.1. The van der Waals surface area contributed by atoms with Crippen molar-refractivity contribution < 1.29 is 13.2 Å². The fourth-order valence-electron chi connectivity index (χ4n) is 1.99. The van der Waals surface area contributed by atoms with Crippen LogP contribution >= 0.6 is 0 Å². The van der Waals surface area contributed by atoms with Gasteiger partial charge < -0.3 is 0 Å². The number of nitriles is 1. The first-order chi connectivity index (χ1) is 10.0. The Labute approximate surface area is 120 Å². The molecule has 0 aliphatic heterocycles. The van der Waals surface area contributed by atoms with Crippen molar-refractivity contribution in [2.75, 3.05) is 0 Å². The molecular formula is C16H13F3N2. The number of benzene rings is 2. The van der Waals surface area contributed by atoms with E-state index in [0.29, 0.717) is 11.1 Å². The van der Waals surface area contributed by atoms with Gasteiger partial charge in [0.1, 0.15) is 6.04 Å². The van der Waals surface area contributed by atoms with Crippen LogP contribution in [0.5, 0.6) is 0 Å². The van der Waals surface area contributed by atoms with Gasteiger partial charge in [-0.3, -0.25) is 5.32 Å². The summed E-state index contributed by atoms with van der Waals surface area (Å²) in [6.07, 6.45) is -4.37. The Morgan fingerprint density at radius 2 is 1.62 bits per heavy atom. The molecule has 0 radical (unpaired) electrons. The summed E-state index contributed by atoms with van der Waals surface area (Å²) in [5.74, 6) is 0. The smallest absolute Gasteiger partial charge is 0.298 e. The van der Waals surface area contributed by atoms with Crippen LogP contribution in [0.4, 0.5) is 13.2 Å². The third-order valence-corrected chi connectivity index (χ3v) is 3.05. The van der Waals surface area contributed by atoms with Crippen LogP contribution in [0.1, 0.15) is 22.7 Å². The van der Waals surface area contributed by atoms with Crippen molar-refractivity contribution in [1.82, 2.24) is 5.32 Å². The van der Waals surface area contributed by atoms with E-state index in [0.717, 1.165) is 0 Å². The van der Waals surface area contributed by atoms with Crippen molar-refractivity contribution in [1.29, 1.82) is 5.26 Å². The van der Waals surface area contributed by atoms with Gasteiger partial charge in [0.15, 0.2) is 0 Å². The van der Waals surface area contributed by atoms with E-state index in [-0.39, 0.29) is 12.1 Å². The SMILES string of the molecule is N#Cc1ccc(CNC(c2ccccc2)C(F)(F)F)cc1. The Morgan fingerprint density at radius 1 is 1.00 bits per heavy atom. The lowest BCUT2D eigenvalue weighted by molar-refractivity contribution is -0.158. The van der Waals surface area contributed by atoms with E-state index >= 15 is 0 Å². The van der Waals surface area contributed by atoms with Crippen molar-refractivity contribution >= 4 is 0 Å². The largest absolute Gasteiger partial charge is 0.407 e. The molecule has 5 heteroatoms. The Hall–Kier alpha value is -2.32. The molecular weight excluding hydrogens is 277 g/mol. The third kappa shape index (κ3) is 4.07. The molecule has 1 N–H and O–H groups in total. The highest BCUT2D eigenvalue weighted by atomic mass is 19.4. The van der Waals surface area contributed by atoms with E-state index in [1.165, 1.54) is 12.1 Å². The molecule has 0 aliphatic rings. The van der Waals surface area contributed by atoms with Crippen molar-refractivity contribution in [3.05, 3.63) is 71.3 Å². The van der Waals surface area contributed by atoms with Crippen LogP contribution in [-0.4, -0.2) is 6.18 Å². The molecule has 0 saturated heterocycles. The number of nitrogens with one attached hydrogen (secondary N) is 1. The maximum Gasteiger partial charge on any atom is 0.407 e. The summed E-state index contributed by atoms with van der Waals surface area (Å²) in [5, 5.41) is 11.2. The lowest BCUT2D eigenvalue weighted by atomic mass is 10.1. The highest BCUT2D eigenvalue weighted by Gasteiger charge is 2.40. The monoisotopic (exact) mass is 290 g/mol. The van der Waals surface area contributed by atoms with Crippen molar-refractivity contribution in [3.8, 4) is 6.07 Å². The Bertz CT molecular complexity index is 613. The molecule has 0 amide bonds. The molecule has 0 aliphatic carbocycles. The molecule has 2 aromatic carbocycles. The zero-order valence-electron chi connectivity index (χ0n) is 11.1. The average Bonchev–Trinajstić information content (AvgIpc) is 2.48. The average molecular weight is 290 g/mol. The summed E-state index contributed by atoms with van der Waals surface area (Å²) >= 11 is 0. The number of rotatable bonds is 4. The first-order valence-electron chi connectivity index (χ1n) is 6.35. The van der Waals surface area contributed by atoms with Gasteiger partial charge in [0.05, 0.1) is 11.6 Å². The minimum atomic E-state index is -4.37. The van der Waals surface area contributed by atoms with E-state index in [1.807, 2.05) is 6.07 Å². The van der Waals surface area contributed by atoms with Gasteiger partial charge in [-0.25, -0.2) is 0 Å². The van der Waals surface area contributed by atoms with Crippen molar-refractivity contribution in [3.63, 3.8) is 0 Å². The second-order valence-corrected chi connectivity index (χ2v) is 4.57. The zero-order valence-corrected chi connectivity index (χ0v) is 11.1. The van der Waals surface area contributed by atoms with E-state index < -0.39 is 12.2 Å². The number of halogens is 3.